The first-order valence-electron chi connectivity index (χ1n) is 8.11. The standard InChI is InChI=1S/C18H24N2/c19-15-18(11-5-1-6-12-18)16-9-3-4-10-17(16)20-13-7-2-8-14-20/h3-4,9-10H,1-2,5-8,11-14H2. The van der Waals surface area contributed by atoms with Gasteiger partial charge in [-0.3, -0.25) is 0 Å². The Bertz CT molecular complexity index is 488. The predicted molar refractivity (Wildman–Crippen MR) is 82.9 cm³/mol. The van der Waals surface area contributed by atoms with Crippen LogP contribution in [0.15, 0.2) is 24.3 Å². The van der Waals surface area contributed by atoms with E-state index < -0.39 is 0 Å². The van der Waals surface area contributed by atoms with Gasteiger partial charge in [0, 0.05) is 18.8 Å². The normalized spacial score (nSPS) is 22.2. The van der Waals surface area contributed by atoms with Crippen LogP contribution in [0.25, 0.3) is 0 Å². The van der Waals surface area contributed by atoms with E-state index in [1.54, 1.807) is 0 Å². The second-order valence-corrected chi connectivity index (χ2v) is 6.32. The van der Waals surface area contributed by atoms with Crippen LogP contribution in [0.2, 0.25) is 0 Å². The van der Waals surface area contributed by atoms with Crippen LogP contribution in [-0.2, 0) is 5.41 Å². The van der Waals surface area contributed by atoms with Crippen LogP contribution in [0.5, 0.6) is 0 Å². The average Bonchev–Trinajstić information content (AvgIpc) is 2.56. The Labute approximate surface area is 122 Å². The van der Waals surface area contributed by atoms with Gasteiger partial charge < -0.3 is 4.90 Å². The zero-order chi connectivity index (χ0) is 13.8. The van der Waals surface area contributed by atoms with E-state index in [9.17, 15) is 5.26 Å². The summed E-state index contributed by atoms with van der Waals surface area (Å²) in [6, 6.07) is 11.4. The fraction of sp³-hybridized carbons (Fsp3) is 0.611. The van der Waals surface area contributed by atoms with Crippen molar-refractivity contribution in [3.8, 4) is 6.07 Å². The second-order valence-electron chi connectivity index (χ2n) is 6.32. The first kappa shape index (κ1) is 13.5. The lowest BCUT2D eigenvalue weighted by Crippen LogP contribution is -2.34. The molecule has 0 unspecified atom stereocenters. The van der Waals surface area contributed by atoms with Gasteiger partial charge in [-0.2, -0.15) is 5.26 Å². The first-order valence-corrected chi connectivity index (χ1v) is 8.11. The van der Waals surface area contributed by atoms with E-state index in [2.05, 4.69) is 35.2 Å². The maximum atomic E-state index is 9.85. The first-order chi connectivity index (χ1) is 9.86. The fourth-order valence-electron chi connectivity index (χ4n) is 3.89. The Balaban J connectivity index is 1.98. The molecule has 1 aliphatic carbocycles. The third-order valence-electron chi connectivity index (χ3n) is 5.04. The van der Waals surface area contributed by atoms with E-state index in [1.807, 2.05) is 0 Å². The number of piperidine rings is 1. The van der Waals surface area contributed by atoms with Crippen molar-refractivity contribution in [2.45, 2.75) is 56.8 Å². The van der Waals surface area contributed by atoms with Crippen molar-refractivity contribution in [3.05, 3.63) is 29.8 Å². The van der Waals surface area contributed by atoms with Gasteiger partial charge in [-0.15, -0.1) is 0 Å². The Kier molecular flexibility index (Phi) is 3.96. The molecule has 2 nitrogen and oxygen atoms in total. The Morgan fingerprint density at radius 3 is 2.25 bits per heavy atom. The molecule has 106 valence electrons. The molecule has 1 heterocycles. The predicted octanol–water partition coefficient (Wildman–Crippen LogP) is 4.40. The lowest BCUT2D eigenvalue weighted by atomic mass is 9.70. The fourth-order valence-corrected chi connectivity index (χ4v) is 3.89. The molecular formula is C18H24N2. The molecule has 1 aromatic carbocycles. The number of hydrogen-bond acceptors (Lipinski definition) is 2. The van der Waals surface area contributed by atoms with Gasteiger partial charge in [-0.25, -0.2) is 0 Å². The summed E-state index contributed by atoms with van der Waals surface area (Å²) in [7, 11) is 0. The van der Waals surface area contributed by atoms with Gasteiger partial charge >= 0.3 is 0 Å². The molecule has 2 fully saturated rings. The summed E-state index contributed by atoms with van der Waals surface area (Å²) >= 11 is 0. The molecule has 0 atom stereocenters. The number of anilines is 1. The van der Waals surface area contributed by atoms with Crippen LogP contribution < -0.4 is 4.90 Å². The van der Waals surface area contributed by atoms with E-state index in [-0.39, 0.29) is 5.41 Å². The summed E-state index contributed by atoms with van der Waals surface area (Å²) in [5.74, 6) is 0. The van der Waals surface area contributed by atoms with E-state index >= 15 is 0 Å². The summed E-state index contributed by atoms with van der Waals surface area (Å²) in [5.41, 5.74) is 2.39. The number of benzene rings is 1. The third kappa shape index (κ3) is 2.42. The zero-order valence-electron chi connectivity index (χ0n) is 12.3. The monoisotopic (exact) mass is 268 g/mol. The van der Waals surface area contributed by atoms with Crippen molar-refractivity contribution in [2.24, 2.45) is 0 Å². The van der Waals surface area contributed by atoms with Crippen LogP contribution in [0, 0.1) is 11.3 Å². The quantitative estimate of drug-likeness (QED) is 0.794. The highest BCUT2D eigenvalue weighted by atomic mass is 15.1. The molecule has 1 aliphatic heterocycles. The number of hydrogen-bond donors (Lipinski definition) is 0. The van der Waals surface area contributed by atoms with Crippen LogP contribution >= 0.6 is 0 Å². The molecule has 1 saturated carbocycles. The Morgan fingerprint density at radius 1 is 0.900 bits per heavy atom. The third-order valence-corrected chi connectivity index (χ3v) is 5.04. The van der Waals surface area contributed by atoms with E-state index in [1.165, 1.54) is 49.8 Å². The molecule has 0 bridgehead atoms. The average molecular weight is 268 g/mol. The largest absolute Gasteiger partial charge is 0.371 e. The maximum Gasteiger partial charge on any atom is 0.0842 e. The van der Waals surface area contributed by atoms with Gasteiger partial charge in [0.05, 0.1) is 11.5 Å². The minimum atomic E-state index is -0.230. The molecule has 0 aromatic heterocycles. The Hall–Kier alpha value is -1.49. The molecule has 1 saturated heterocycles. The van der Waals surface area contributed by atoms with Gasteiger partial charge in [0.25, 0.3) is 0 Å². The number of nitrogens with zero attached hydrogens (tertiary/aromatic N) is 2. The molecule has 0 N–H and O–H groups in total. The van der Waals surface area contributed by atoms with Crippen molar-refractivity contribution in [1.29, 1.82) is 5.26 Å². The van der Waals surface area contributed by atoms with Gasteiger partial charge in [-0.05, 0) is 43.7 Å². The van der Waals surface area contributed by atoms with Crippen molar-refractivity contribution >= 4 is 5.69 Å². The SMILES string of the molecule is N#CC1(c2ccccc2N2CCCCC2)CCCCC1. The summed E-state index contributed by atoms with van der Waals surface area (Å²) in [5, 5.41) is 9.85. The van der Waals surface area contributed by atoms with Crippen molar-refractivity contribution in [3.63, 3.8) is 0 Å². The van der Waals surface area contributed by atoms with Crippen molar-refractivity contribution in [2.75, 3.05) is 18.0 Å². The molecule has 3 rings (SSSR count). The molecule has 0 spiro atoms. The van der Waals surface area contributed by atoms with Crippen molar-refractivity contribution in [1.82, 2.24) is 0 Å². The van der Waals surface area contributed by atoms with E-state index in [0.29, 0.717) is 0 Å². The number of para-hydroxylation sites is 1. The van der Waals surface area contributed by atoms with Gasteiger partial charge in [0.1, 0.15) is 0 Å². The highest BCUT2D eigenvalue weighted by Crippen LogP contribution is 2.43. The molecule has 0 radical (unpaired) electrons. The highest BCUT2D eigenvalue weighted by Gasteiger charge is 2.36. The zero-order valence-corrected chi connectivity index (χ0v) is 12.3. The highest BCUT2D eigenvalue weighted by molar-refractivity contribution is 5.59. The van der Waals surface area contributed by atoms with E-state index in [4.69, 9.17) is 0 Å². The van der Waals surface area contributed by atoms with Crippen LogP contribution in [0.1, 0.15) is 56.9 Å². The summed E-state index contributed by atoms with van der Waals surface area (Å²) < 4.78 is 0. The molecule has 20 heavy (non-hydrogen) atoms. The molecule has 2 aliphatic rings. The molecule has 2 heteroatoms. The number of nitriles is 1. The van der Waals surface area contributed by atoms with Gasteiger partial charge in [0.2, 0.25) is 0 Å². The lowest BCUT2D eigenvalue weighted by Gasteiger charge is -2.37. The minimum absolute atomic E-state index is 0.230. The summed E-state index contributed by atoms with van der Waals surface area (Å²) in [4.78, 5) is 2.51. The second kappa shape index (κ2) is 5.87. The molecule has 0 amide bonds. The topological polar surface area (TPSA) is 27.0 Å². The van der Waals surface area contributed by atoms with Crippen LogP contribution in [-0.4, -0.2) is 13.1 Å². The molecule has 1 aromatic rings. The number of rotatable bonds is 2. The minimum Gasteiger partial charge on any atom is -0.371 e. The summed E-state index contributed by atoms with van der Waals surface area (Å²) in [6.45, 7) is 2.30. The van der Waals surface area contributed by atoms with Gasteiger partial charge in [-0.1, -0.05) is 37.5 Å². The van der Waals surface area contributed by atoms with Crippen LogP contribution in [0.3, 0.4) is 0 Å². The van der Waals surface area contributed by atoms with E-state index in [0.717, 1.165) is 25.9 Å². The maximum absolute atomic E-state index is 9.85. The van der Waals surface area contributed by atoms with Crippen molar-refractivity contribution < 1.29 is 0 Å². The smallest absolute Gasteiger partial charge is 0.0842 e. The lowest BCUT2D eigenvalue weighted by molar-refractivity contribution is 0.365. The van der Waals surface area contributed by atoms with Crippen LogP contribution in [0.4, 0.5) is 5.69 Å². The molecular weight excluding hydrogens is 244 g/mol. The Morgan fingerprint density at radius 2 is 1.55 bits per heavy atom. The summed E-state index contributed by atoms with van der Waals surface area (Å²) in [6.07, 6.45) is 9.67. The van der Waals surface area contributed by atoms with Gasteiger partial charge in [0.15, 0.2) is 0 Å².